The first-order valence-electron chi connectivity index (χ1n) is 7.74. The summed E-state index contributed by atoms with van der Waals surface area (Å²) in [6, 6.07) is 11.4. The van der Waals surface area contributed by atoms with Gasteiger partial charge in [0.05, 0.1) is 29.6 Å². The van der Waals surface area contributed by atoms with Gasteiger partial charge in [0.15, 0.2) is 0 Å². The fourth-order valence-electron chi connectivity index (χ4n) is 2.49. The Morgan fingerprint density at radius 1 is 1.19 bits per heavy atom. The summed E-state index contributed by atoms with van der Waals surface area (Å²) < 4.78 is 5.13. The van der Waals surface area contributed by atoms with Gasteiger partial charge in [0.1, 0.15) is 5.75 Å². The van der Waals surface area contributed by atoms with Crippen LogP contribution in [0.25, 0.3) is 0 Å². The maximum atomic E-state index is 12.3. The van der Waals surface area contributed by atoms with Crippen LogP contribution in [0.5, 0.6) is 5.75 Å². The highest BCUT2D eigenvalue weighted by atomic mass is 35.5. The second-order valence-electron chi connectivity index (χ2n) is 5.60. The van der Waals surface area contributed by atoms with E-state index in [1.807, 2.05) is 12.1 Å². The van der Waals surface area contributed by atoms with Crippen LogP contribution < -0.4 is 15.4 Å². The molecule has 0 saturated heterocycles. The average molecular weight is 392 g/mol. The van der Waals surface area contributed by atoms with Gasteiger partial charge in [-0.3, -0.25) is 20.2 Å². The molecule has 2 aromatic rings. The number of methoxy groups -OCH3 is 1. The molecule has 0 unspecified atom stereocenters. The van der Waals surface area contributed by atoms with E-state index in [1.54, 1.807) is 19.2 Å². The molecule has 134 valence electrons. The third-order valence-corrected chi connectivity index (χ3v) is 4.57. The van der Waals surface area contributed by atoms with Crippen molar-refractivity contribution in [2.24, 2.45) is 4.99 Å². The number of hydrogen-bond donors (Lipinski definition) is 2. The van der Waals surface area contributed by atoms with E-state index >= 15 is 0 Å². The molecule has 1 aliphatic rings. The predicted molar refractivity (Wildman–Crippen MR) is 99.9 cm³/mol. The molecule has 3 rings (SSSR count). The molecule has 8 heteroatoms. The number of rotatable bonds is 3. The van der Waals surface area contributed by atoms with Gasteiger partial charge in [0, 0.05) is 5.56 Å². The molecule has 1 heterocycles. The molecule has 0 saturated carbocycles. The molecule has 2 amide bonds. The van der Waals surface area contributed by atoms with Gasteiger partial charge in [-0.2, -0.15) is 0 Å². The third kappa shape index (κ3) is 4.15. The first kappa shape index (κ1) is 18.2. The average Bonchev–Trinajstić information content (AvgIpc) is 2.63. The van der Waals surface area contributed by atoms with Crippen LogP contribution in [0.3, 0.4) is 0 Å². The number of amides is 2. The Bertz CT molecular complexity index is 882. The van der Waals surface area contributed by atoms with Crippen molar-refractivity contribution in [3.05, 3.63) is 63.6 Å². The Labute approximate surface area is 160 Å². The lowest BCUT2D eigenvalue weighted by Crippen LogP contribution is -2.47. The van der Waals surface area contributed by atoms with E-state index < -0.39 is 11.9 Å². The summed E-state index contributed by atoms with van der Waals surface area (Å²) in [7, 11) is 1.58. The van der Waals surface area contributed by atoms with Crippen LogP contribution in [-0.4, -0.2) is 24.9 Å². The zero-order valence-electron chi connectivity index (χ0n) is 13.8. The molecule has 1 aliphatic heterocycles. The van der Waals surface area contributed by atoms with E-state index in [0.29, 0.717) is 16.3 Å². The number of carbonyl (C=O) groups excluding carboxylic acids is 2. The Hall–Kier alpha value is -2.57. The van der Waals surface area contributed by atoms with Crippen LogP contribution in [0.1, 0.15) is 28.4 Å². The maximum absolute atomic E-state index is 12.3. The van der Waals surface area contributed by atoms with Gasteiger partial charge in [-0.25, -0.2) is 4.99 Å². The van der Waals surface area contributed by atoms with Gasteiger partial charge < -0.3 is 4.74 Å². The van der Waals surface area contributed by atoms with Crippen molar-refractivity contribution in [1.29, 1.82) is 0 Å². The molecule has 2 N–H and O–H groups in total. The van der Waals surface area contributed by atoms with Gasteiger partial charge in [-0.15, -0.1) is 0 Å². The highest BCUT2D eigenvalue weighted by molar-refractivity contribution is 6.42. The summed E-state index contributed by atoms with van der Waals surface area (Å²) in [6.45, 7) is 0. The molecule has 26 heavy (non-hydrogen) atoms. The highest BCUT2D eigenvalue weighted by Crippen LogP contribution is 2.26. The van der Waals surface area contributed by atoms with Crippen LogP contribution in [-0.2, 0) is 4.79 Å². The molecular formula is C18H15Cl2N3O3. The summed E-state index contributed by atoms with van der Waals surface area (Å²) in [4.78, 5) is 28.8. The van der Waals surface area contributed by atoms with Gasteiger partial charge in [0.25, 0.3) is 5.91 Å². The molecule has 0 aromatic heterocycles. The Morgan fingerprint density at radius 3 is 2.58 bits per heavy atom. The van der Waals surface area contributed by atoms with Crippen LogP contribution in [0.15, 0.2) is 47.5 Å². The normalized spacial score (nSPS) is 16.5. The molecule has 6 nitrogen and oxygen atoms in total. The van der Waals surface area contributed by atoms with Gasteiger partial charge in [-0.05, 0) is 35.9 Å². The lowest BCUT2D eigenvalue weighted by molar-refractivity contribution is -0.120. The van der Waals surface area contributed by atoms with Crippen molar-refractivity contribution in [3.63, 3.8) is 0 Å². The minimum atomic E-state index is -0.446. The second kappa shape index (κ2) is 7.76. The number of hydrogen-bond acceptors (Lipinski definition) is 4. The standard InChI is InChI=1S/C18H15Cl2N3O3/c1-26-12-5-2-10(3-6-12)15-9-16(24)22-18(21-15)23-17(25)11-4-7-13(19)14(20)8-11/h2-8,15H,9H2,1H3,(H2,21,22,23,24,25)/t15-/m0/s1. The highest BCUT2D eigenvalue weighted by Gasteiger charge is 2.24. The number of guanidine groups is 1. The van der Waals surface area contributed by atoms with E-state index in [1.165, 1.54) is 18.2 Å². The molecule has 0 fully saturated rings. The summed E-state index contributed by atoms with van der Waals surface area (Å²) in [5.41, 5.74) is 1.16. The molecular weight excluding hydrogens is 377 g/mol. The molecule has 0 aliphatic carbocycles. The molecule has 0 radical (unpaired) electrons. The predicted octanol–water partition coefficient (Wildman–Crippen LogP) is 3.35. The molecule has 0 spiro atoms. The summed E-state index contributed by atoms with van der Waals surface area (Å²) >= 11 is 11.8. The monoisotopic (exact) mass is 391 g/mol. The topological polar surface area (TPSA) is 79.8 Å². The van der Waals surface area contributed by atoms with Gasteiger partial charge in [0.2, 0.25) is 11.9 Å². The number of halogens is 2. The van der Waals surface area contributed by atoms with Crippen molar-refractivity contribution in [2.45, 2.75) is 12.5 Å². The third-order valence-electron chi connectivity index (χ3n) is 3.84. The van der Waals surface area contributed by atoms with Crippen LogP contribution in [0.4, 0.5) is 0 Å². The minimum absolute atomic E-state index is 0.0955. The van der Waals surface area contributed by atoms with Crippen molar-refractivity contribution >= 4 is 41.0 Å². The van der Waals surface area contributed by atoms with Gasteiger partial charge in [-0.1, -0.05) is 35.3 Å². The number of nitrogens with zero attached hydrogens (tertiary/aromatic N) is 1. The van der Waals surface area contributed by atoms with Crippen LogP contribution in [0, 0.1) is 0 Å². The smallest absolute Gasteiger partial charge is 0.258 e. The van der Waals surface area contributed by atoms with Crippen molar-refractivity contribution in [3.8, 4) is 5.75 Å². The fraction of sp³-hybridized carbons (Fsp3) is 0.167. The van der Waals surface area contributed by atoms with Gasteiger partial charge >= 0.3 is 0 Å². The molecule has 2 aromatic carbocycles. The van der Waals surface area contributed by atoms with Crippen LogP contribution in [0.2, 0.25) is 10.0 Å². The van der Waals surface area contributed by atoms with Crippen molar-refractivity contribution in [2.75, 3.05) is 7.11 Å². The maximum Gasteiger partial charge on any atom is 0.258 e. The molecule has 1 atom stereocenters. The van der Waals surface area contributed by atoms with E-state index in [0.717, 1.165) is 5.56 Å². The number of nitrogens with one attached hydrogen (secondary N) is 2. The first-order valence-corrected chi connectivity index (χ1v) is 8.50. The number of carbonyl (C=O) groups is 2. The van der Waals surface area contributed by atoms with E-state index in [-0.39, 0.29) is 23.3 Å². The first-order chi connectivity index (χ1) is 12.5. The van der Waals surface area contributed by atoms with E-state index in [2.05, 4.69) is 15.6 Å². The quantitative estimate of drug-likeness (QED) is 0.841. The summed E-state index contributed by atoms with van der Waals surface area (Å²) in [6.07, 6.45) is 0.193. The van der Waals surface area contributed by atoms with Crippen molar-refractivity contribution in [1.82, 2.24) is 10.6 Å². The van der Waals surface area contributed by atoms with Crippen LogP contribution >= 0.6 is 23.2 Å². The minimum Gasteiger partial charge on any atom is -0.497 e. The zero-order chi connectivity index (χ0) is 18.7. The van der Waals surface area contributed by atoms with E-state index in [9.17, 15) is 9.59 Å². The Kier molecular flexibility index (Phi) is 5.44. The zero-order valence-corrected chi connectivity index (χ0v) is 15.3. The number of ether oxygens (including phenoxy) is 1. The SMILES string of the molecule is COc1ccc([C@@H]2CC(=O)NC(NC(=O)c3ccc(Cl)c(Cl)c3)=N2)cc1. The number of aliphatic imine (C=N–C) groups is 1. The second-order valence-corrected chi connectivity index (χ2v) is 6.42. The largest absolute Gasteiger partial charge is 0.497 e. The fourth-order valence-corrected chi connectivity index (χ4v) is 2.79. The summed E-state index contributed by atoms with van der Waals surface area (Å²) in [5, 5.41) is 5.77. The lowest BCUT2D eigenvalue weighted by Gasteiger charge is -2.21. The Balaban J connectivity index is 1.79. The van der Waals surface area contributed by atoms with E-state index in [4.69, 9.17) is 27.9 Å². The number of benzene rings is 2. The lowest BCUT2D eigenvalue weighted by atomic mass is 10.0. The summed E-state index contributed by atoms with van der Waals surface area (Å²) in [5.74, 6) is 0.132. The molecule has 0 bridgehead atoms. The Morgan fingerprint density at radius 2 is 1.92 bits per heavy atom. The van der Waals surface area contributed by atoms with Crippen molar-refractivity contribution < 1.29 is 14.3 Å².